The molecule has 0 atom stereocenters. The van der Waals surface area contributed by atoms with E-state index in [2.05, 4.69) is 0 Å². The molecular formula is C14H18N2O3S. The van der Waals surface area contributed by atoms with Crippen LogP contribution in [0.4, 0.5) is 0 Å². The molecule has 0 saturated carbocycles. The van der Waals surface area contributed by atoms with Crippen molar-refractivity contribution in [3.05, 3.63) is 50.6 Å². The number of hydrogen-bond acceptors (Lipinski definition) is 4. The highest BCUT2D eigenvalue weighted by Gasteiger charge is 2.00. The summed E-state index contributed by atoms with van der Waals surface area (Å²) >= 11 is 4.84. The van der Waals surface area contributed by atoms with Gasteiger partial charge in [-0.15, -0.1) is 0 Å². The van der Waals surface area contributed by atoms with Gasteiger partial charge in [0.25, 0.3) is 0 Å². The third-order valence-electron chi connectivity index (χ3n) is 3.11. The van der Waals surface area contributed by atoms with E-state index < -0.39 is 0 Å². The van der Waals surface area contributed by atoms with Crippen molar-refractivity contribution in [2.45, 2.75) is 13.8 Å². The molecule has 0 bridgehead atoms. The van der Waals surface area contributed by atoms with Crippen molar-refractivity contribution in [1.29, 1.82) is 0 Å². The fourth-order valence-corrected chi connectivity index (χ4v) is 1.64. The first-order valence-corrected chi connectivity index (χ1v) is 6.37. The summed E-state index contributed by atoms with van der Waals surface area (Å²) in [7, 11) is 3.64. The maximum absolute atomic E-state index is 10.7. The predicted molar refractivity (Wildman–Crippen MR) is 80.7 cm³/mol. The summed E-state index contributed by atoms with van der Waals surface area (Å²) in [5.41, 5.74) is 1.07. The van der Waals surface area contributed by atoms with Crippen LogP contribution in [0.3, 0.4) is 0 Å². The summed E-state index contributed by atoms with van der Waals surface area (Å²) in [5, 5.41) is 18.3. The highest BCUT2D eigenvalue weighted by atomic mass is 32.1. The molecule has 0 fully saturated rings. The van der Waals surface area contributed by atoms with Gasteiger partial charge in [-0.25, -0.2) is 0 Å². The number of nitrogens with zero attached hydrogens (tertiary/aromatic N) is 2. The zero-order chi connectivity index (χ0) is 15.4. The zero-order valence-corrected chi connectivity index (χ0v) is 12.7. The van der Waals surface area contributed by atoms with Gasteiger partial charge in [-0.1, -0.05) is 12.2 Å². The topological polar surface area (TPSA) is 67.4 Å². The largest absolute Gasteiger partial charge is 0.505 e. The van der Waals surface area contributed by atoms with E-state index in [4.69, 9.17) is 17.3 Å². The molecule has 0 aromatic carbocycles. The Morgan fingerprint density at radius 2 is 1.40 bits per heavy atom. The van der Waals surface area contributed by atoms with Crippen molar-refractivity contribution >= 4 is 12.2 Å². The van der Waals surface area contributed by atoms with Crippen LogP contribution in [0.15, 0.2) is 29.3 Å². The number of pyridine rings is 2. The molecule has 0 radical (unpaired) electrons. The SMILES string of the molecule is Cc1c(O)c(=O)ccn1C.Cc1c(O)c(=S)ccn1C. The van der Waals surface area contributed by atoms with E-state index in [1.165, 1.54) is 6.07 Å². The fraction of sp³-hybridized carbons (Fsp3) is 0.286. The van der Waals surface area contributed by atoms with Gasteiger partial charge in [-0.3, -0.25) is 4.79 Å². The van der Waals surface area contributed by atoms with E-state index in [1.807, 2.05) is 24.7 Å². The van der Waals surface area contributed by atoms with Crippen molar-refractivity contribution in [3.8, 4) is 11.5 Å². The lowest BCUT2D eigenvalue weighted by Gasteiger charge is -2.04. The second-order valence-electron chi connectivity index (χ2n) is 4.45. The molecule has 20 heavy (non-hydrogen) atoms. The summed E-state index contributed by atoms with van der Waals surface area (Å²) < 4.78 is 4.03. The Labute approximate surface area is 122 Å². The van der Waals surface area contributed by atoms with Gasteiger partial charge < -0.3 is 19.3 Å². The van der Waals surface area contributed by atoms with Crippen LogP contribution in [-0.2, 0) is 14.1 Å². The first-order chi connectivity index (χ1) is 9.25. The van der Waals surface area contributed by atoms with E-state index in [-0.39, 0.29) is 16.9 Å². The molecule has 0 spiro atoms. The molecule has 0 saturated heterocycles. The van der Waals surface area contributed by atoms with Crippen LogP contribution in [-0.4, -0.2) is 19.3 Å². The van der Waals surface area contributed by atoms with Crippen LogP contribution in [0.1, 0.15) is 11.4 Å². The van der Waals surface area contributed by atoms with Gasteiger partial charge in [0.15, 0.2) is 11.5 Å². The number of aromatic nitrogens is 2. The third-order valence-corrected chi connectivity index (χ3v) is 3.44. The molecule has 6 heteroatoms. The average Bonchev–Trinajstić information content (AvgIpc) is 2.43. The van der Waals surface area contributed by atoms with Crippen LogP contribution in [0.25, 0.3) is 0 Å². The van der Waals surface area contributed by atoms with Crippen LogP contribution >= 0.6 is 12.2 Å². The average molecular weight is 294 g/mol. The lowest BCUT2D eigenvalue weighted by Crippen LogP contribution is -2.06. The Bertz CT molecular complexity index is 669. The normalized spacial score (nSPS) is 9.80. The van der Waals surface area contributed by atoms with Crippen molar-refractivity contribution in [3.63, 3.8) is 0 Å². The lowest BCUT2D eigenvalue weighted by molar-refractivity contribution is 0.457. The second kappa shape index (κ2) is 6.38. The van der Waals surface area contributed by atoms with Crippen molar-refractivity contribution in [2.24, 2.45) is 14.1 Å². The van der Waals surface area contributed by atoms with Crippen LogP contribution in [0, 0.1) is 18.4 Å². The van der Waals surface area contributed by atoms with E-state index in [0.29, 0.717) is 10.2 Å². The third kappa shape index (κ3) is 3.48. The second-order valence-corrected chi connectivity index (χ2v) is 4.89. The Morgan fingerprint density at radius 1 is 0.950 bits per heavy atom. The van der Waals surface area contributed by atoms with Gasteiger partial charge >= 0.3 is 0 Å². The Morgan fingerprint density at radius 3 is 1.85 bits per heavy atom. The van der Waals surface area contributed by atoms with Gasteiger partial charge in [-0.2, -0.15) is 0 Å². The van der Waals surface area contributed by atoms with E-state index in [1.54, 1.807) is 30.8 Å². The summed E-state index contributed by atoms with van der Waals surface area (Å²) in [6, 6.07) is 3.04. The van der Waals surface area contributed by atoms with Gasteiger partial charge in [0.2, 0.25) is 5.43 Å². The summed E-state index contributed by atoms with van der Waals surface area (Å²) in [6.45, 7) is 3.52. The molecule has 108 valence electrons. The molecule has 2 heterocycles. The van der Waals surface area contributed by atoms with Gasteiger partial charge in [0.1, 0.15) is 0 Å². The first kappa shape index (κ1) is 16.0. The minimum absolute atomic E-state index is 0.162. The Kier molecular flexibility index (Phi) is 5.10. The van der Waals surface area contributed by atoms with Crippen LogP contribution < -0.4 is 5.43 Å². The van der Waals surface area contributed by atoms with E-state index in [0.717, 1.165) is 5.69 Å². The van der Waals surface area contributed by atoms with Crippen molar-refractivity contribution in [2.75, 3.05) is 0 Å². The Hall–Kier alpha value is -2.08. The molecule has 2 N–H and O–H groups in total. The quantitative estimate of drug-likeness (QED) is 0.731. The number of aryl methyl sites for hydroxylation is 2. The number of rotatable bonds is 0. The molecule has 0 amide bonds. The van der Waals surface area contributed by atoms with Crippen molar-refractivity contribution in [1.82, 2.24) is 9.13 Å². The highest BCUT2D eigenvalue weighted by Crippen LogP contribution is 2.15. The minimum atomic E-state index is -0.324. The zero-order valence-electron chi connectivity index (χ0n) is 11.9. The standard InChI is InChI=1S/C7H9NO2.C7H9NOS/c1-5-7(10)6(9)3-4-8(5)2;1-5-7(9)6(10)3-4-8(5)2/h3-4,10H,1-2H3;3-4,9H,1-2H3. The van der Waals surface area contributed by atoms with Gasteiger partial charge in [0, 0.05) is 32.6 Å². The summed E-state index contributed by atoms with van der Waals surface area (Å²) in [4.78, 5) is 10.7. The molecule has 0 aliphatic heterocycles. The number of aromatic hydroxyl groups is 2. The monoisotopic (exact) mass is 294 g/mol. The maximum Gasteiger partial charge on any atom is 0.223 e. The summed E-state index contributed by atoms with van der Waals surface area (Å²) in [6.07, 6.45) is 3.45. The smallest absolute Gasteiger partial charge is 0.223 e. The van der Waals surface area contributed by atoms with Gasteiger partial charge in [-0.05, 0) is 19.9 Å². The molecule has 2 aromatic heterocycles. The molecule has 0 aliphatic carbocycles. The van der Waals surface area contributed by atoms with Gasteiger partial charge in [0.05, 0.1) is 15.9 Å². The fourth-order valence-electron chi connectivity index (χ4n) is 1.43. The van der Waals surface area contributed by atoms with Crippen LogP contribution in [0.2, 0.25) is 0 Å². The van der Waals surface area contributed by atoms with Crippen LogP contribution in [0.5, 0.6) is 11.5 Å². The molecule has 2 rings (SSSR count). The predicted octanol–water partition coefficient (Wildman–Crippen LogP) is 2.17. The molecular weight excluding hydrogens is 276 g/mol. The van der Waals surface area contributed by atoms with E-state index >= 15 is 0 Å². The molecule has 0 aliphatic rings. The highest BCUT2D eigenvalue weighted by molar-refractivity contribution is 7.71. The minimum Gasteiger partial charge on any atom is -0.505 e. The Balaban J connectivity index is 0.000000200. The molecule has 2 aromatic rings. The number of hydrogen-bond donors (Lipinski definition) is 2. The first-order valence-electron chi connectivity index (χ1n) is 5.96. The lowest BCUT2D eigenvalue weighted by atomic mass is 10.3. The van der Waals surface area contributed by atoms with Crippen molar-refractivity contribution < 1.29 is 10.2 Å². The molecule has 5 nitrogen and oxygen atoms in total. The molecule has 0 unspecified atom stereocenters. The maximum atomic E-state index is 10.7. The summed E-state index contributed by atoms with van der Waals surface area (Å²) in [5.74, 6) is 0.0463. The van der Waals surface area contributed by atoms with E-state index in [9.17, 15) is 9.90 Å².